The molecule has 0 atom stereocenters. The number of amides is 3. The molecule has 0 saturated carbocycles. The Bertz CT molecular complexity index is 1440. The molecule has 1 aromatic heterocycles. The topological polar surface area (TPSA) is 117 Å². The van der Waals surface area contributed by atoms with Gasteiger partial charge in [0.25, 0.3) is 16.8 Å². The first-order valence-electron chi connectivity index (χ1n) is 12.0. The zero-order valence-corrected chi connectivity index (χ0v) is 21.3. The van der Waals surface area contributed by atoms with Crippen molar-refractivity contribution < 1.29 is 23.7 Å². The summed E-state index contributed by atoms with van der Waals surface area (Å²) in [5, 5.41) is 10.5. The second-order valence-corrected chi connectivity index (χ2v) is 9.92. The van der Waals surface area contributed by atoms with Crippen molar-refractivity contribution in [2.45, 2.75) is 6.92 Å². The monoisotopic (exact) mass is 532 g/mol. The van der Waals surface area contributed by atoms with Crippen LogP contribution in [0.2, 0.25) is 0 Å². The van der Waals surface area contributed by atoms with Gasteiger partial charge in [-0.2, -0.15) is 0 Å². The van der Waals surface area contributed by atoms with Gasteiger partial charge in [0.1, 0.15) is 18.1 Å². The average molecular weight is 533 g/mol. The predicted octanol–water partition coefficient (Wildman–Crippen LogP) is 4.55. The van der Waals surface area contributed by atoms with E-state index in [4.69, 9.17) is 4.42 Å². The van der Waals surface area contributed by atoms with E-state index in [1.807, 2.05) is 30.3 Å². The van der Waals surface area contributed by atoms with Crippen molar-refractivity contribution in [3.8, 4) is 11.3 Å². The van der Waals surface area contributed by atoms with Crippen molar-refractivity contribution in [3.05, 3.63) is 87.0 Å². The second-order valence-electron chi connectivity index (χ2n) is 8.93. The molecule has 0 bridgehead atoms. The molecule has 0 spiro atoms. The maximum absolute atomic E-state index is 12.9. The summed E-state index contributed by atoms with van der Waals surface area (Å²) >= 11 is 0.761. The molecular formula is C27H24N4O6S. The summed E-state index contributed by atoms with van der Waals surface area (Å²) in [4.78, 5) is 53.9. The Morgan fingerprint density at radius 3 is 2.47 bits per heavy atom. The number of thioether (sulfide) groups is 1. The Labute approximate surface area is 222 Å². The van der Waals surface area contributed by atoms with E-state index in [1.54, 1.807) is 30.0 Å². The van der Waals surface area contributed by atoms with Crippen LogP contribution >= 0.6 is 11.8 Å². The van der Waals surface area contributed by atoms with Gasteiger partial charge in [-0.3, -0.25) is 29.4 Å². The van der Waals surface area contributed by atoms with Crippen molar-refractivity contribution in [1.82, 2.24) is 9.80 Å². The molecule has 3 aromatic rings. The van der Waals surface area contributed by atoms with Gasteiger partial charge in [-0.1, -0.05) is 18.2 Å². The minimum Gasteiger partial charge on any atom is -0.457 e. The second kappa shape index (κ2) is 10.5. The number of non-ortho nitro benzene ring substituents is 1. The molecule has 0 radical (unpaired) electrons. The number of nitrogens with zero attached hydrogens (tertiary/aromatic N) is 4. The lowest BCUT2D eigenvalue weighted by Gasteiger charge is -2.36. The van der Waals surface area contributed by atoms with Crippen molar-refractivity contribution in [3.63, 3.8) is 0 Å². The number of carbonyl (C=O) groups is 3. The summed E-state index contributed by atoms with van der Waals surface area (Å²) in [5.74, 6) is 0.0234. The number of hydrogen-bond donors (Lipinski definition) is 0. The third-order valence-corrected chi connectivity index (χ3v) is 7.41. The van der Waals surface area contributed by atoms with Gasteiger partial charge in [-0.05, 0) is 54.6 Å². The summed E-state index contributed by atoms with van der Waals surface area (Å²) in [5.41, 5.74) is 2.43. The predicted molar refractivity (Wildman–Crippen MR) is 143 cm³/mol. The van der Waals surface area contributed by atoms with Gasteiger partial charge < -0.3 is 14.2 Å². The fourth-order valence-corrected chi connectivity index (χ4v) is 5.29. The zero-order valence-electron chi connectivity index (χ0n) is 20.5. The van der Waals surface area contributed by atoms with E-state index in [0.29, 0.717) is 48.8 Å². The molecule has 2 aliphatic rings. The van der Waals surface area contributed by atoms with Crippen molar-refractivity contribution in [2.75, 3.05) is 37.6 Å². The van der Waals surface area contributed by atoms with E-state index in [1.165, 1.54) is 18.2 Å². The van der Waals surface area contributed by atoms with Gasteiger partial charge in [0.05, 0.1) is 9.83 Å². The Kier molecular flexibility index (Phi) is 7.01. The average Bonchev–Trinajstić information content (AvgIpc) is 3.49. The molecule has 11 heteroatoms. The van der Waals surface area contributed by atoms with Gasteiger partial charge in [-0.25, -0.2) is 0 Å². The number of anilines is 1. The molecule has 5 rings (SSSR count). The summed E-state index contributed by atoms with van der Waals surface area (Å²) < 4.78 is 5.83. The van der Waals surface area contributed by atoms with Gasteiger partial charge >= 0.3 is 0 Å². The molecule has 194 valence electrons. The van der Waals surface area contributed by atoms with E-state index >= 15 is 0 Å². The number of para-hydroxylation sites is 1. The molecule has 2 saturated heterocycles. The molecule has 2 aliphatic heterocycles. The maximum Gasteiger partial charge on any atom is 0.294 e. The highest BCUT2D eigenvalue weighted by Gasteiger charge is 2.37. The Morgan fingerprint density at radius 1 is 1.05 bits per heavy atom. The highest BCUT2D eigenvalue weighted by Crippen LogP contribution is 2.34. The number of aryl methyl sites for hydroxylation is 1. The van der Waals surface area contributed by atoms with Crippen LogP contribution in [0.15, 0.2) is 70.0 Å². The quantitative estimate of drug-likeness (QED) is 0.258. The normalized spacial score (nSPS) is 17.0. The fourth-order valence-electron chi connectivity index (χ4n) is 4.47. The van der Waals surface area contributed by atoms with Crippen LogP contribution < -0.4 is 4.90 Å². The van der Waals surface area contributed by atoms with E-state index in [0.717, 1.165) is 22.3 Å². The zero-order chi connectivity index (χ0) is 26.8. The molecule has 3 heterocycles. The Balaban J connectivity index is 1.22. The van der Waals surface area contributed by atoms with Crippen molar-refractivity contribution >= 4 is 46.3 Å². The number of piperazine rings is 1. The first-order chi connectivity index (χ1) is 18.3. The SMILES string of the molecule is Cc1cc([N+](=O)[O-])ccc1-c1ccc(/C=C2\SC(=O)N(CC(=O)N3CCN(c4ccccc4)CC3)C2=O)o1. The van der Waals surface area contributed by atoms with Gasteiger partial charge in [0, 0.05) is 55.6 Å². The van der Waals surface area contributed by atoms with E-state index in [2.05, 4.69) is 4.90 Å². The molecular weight excluding hydrogens is 508 g/mol. The van der Waals surface area contributed by atoms with Crippen LogP contribution in [-0.4, -0.2) is 64.5 Å². The lowest BCUT2D eigenvalue weighted by Crippen LogP contribution is -2.51. The van der Waals surface area contributed by atoms with E-state index in [9.17, 15) is 24.5 Å². The van der Waals surface area contributed by atoms with Crippen LogP contribution in [0.1, 0.15) is 11.3 Å². The number of carbonyl (C=O) groups excluding carboxylic acids is 3. The Hall–Kier alpha value is -4.38. The molecule has 38 heavy (non-hydrogen) atoms. The number of furan rings is 1. The molecule has 0 unspecified atom stereocenters. The van der Waals surface area contributed by atoms with Gasteiger partial charge in [0.2, 0.25) is 5.91 Å². The minimum atomic E-state index is -0.541. The van der Waals surface area contributed by atoms with Crippen molar-refractivity contribution in [2.24, 2.45) is 0 Å². The standard InChI is InChI=1S/C27H24N4O6S/c1-18-15-20(31(35)36)7-9-22(18)23-10-8-21(37-23)16-24-26(33)30(27(34)38-24)17-25(32)29-13-11-28(12-14-29)19-5-3-2-4-6-19/h2-10,15-16H,11-14,17H2,1H3/b24-16-. The number of imide groups is 1. The number of rotatable bonds is 6. The van der Waals surface area contributed by atoms with Crippen LogP contribution in [0.25, 0.3) is 17.4 Å². The Morgan fingerprint density at radius 2 is 1.79 bits per heavy atom. The van der Waals surface area contributed by atoms with E-state index in [-0.39, 0.29) is 23.0 Å². The first kappa shape index (κ1) is 25.3. The lowest BCUT2D eigenvalue weighted by atomic mass is 10.1. The summed E-state index contributed by atoms with van der Waals surface area (Å²) in [6.45, 7) is 3.81. The third-order valence-electron chi connectivity index (χ3n) is 6.51. The largest absolute Gasteiger partial charge is 0.457 e. The van der Waals surface area contributed by atoms with Crippen LogP contribution in [0, 0.1) is 17.0 Å². The third kappa shape index (κ3) is 5.18. The van der Waals surface area contributed by atoms with Crippen LogP contribution in [0.3, 0.4) is 0 Å². The number of hydrogen-bond acceptors (Lipinski definition) is 8. The molecule has 0 N–H and O–H groups in total. The maximum atomic E-state index is 12.9. The number of nitro groups is 1. The summed E-state index contributed by atoms with van der Waals surface area (Å²) in [6.07, 6.45) is 1.47. The highest BCUT2D eigenvalue weighted by atomic mass is 32.2. The molecule has 2 fully saturated rings. The summed E-state index contributed by atoms with van der Waals surface area (Å²) in [6, 6.07) is 17.8. The molecule has 2 aromatic carbocycles. The molecule has 0 aliphatic carbocycles. The van der Waals surface area contributed by atoms with Gasteiger partial charge in [-0.15, -0.1) is 0 Å². The molecule has 10 nitrogen and oxygen atoms in total. The van der Waals surface area contributed by atoms with Crippen LogP contribution in [0.4, 0.5) is 16.2 Å². The molecule has 3 amide bonds. The van der Waals surface area contributed by atoms with Gasteiger partial charge in [0.15, 0.2) is 0 Å². The lowest BCUT2D eigenvalue weighted by molar-refractivity contribution is -0.384. The highest BCUT2D eigenvalue weighted by molar-refractivity contribution is 8.18. The fraction of sp³-hybridized carbons (Fsp3) is 0.222. The number of benzene rings is 2. The van der Waals surface area contributed by atoms with Crippen LogP contribution in [-0.2, 0) is 9.59 Å². The van der Waals surface area contributed by atoms with E-state index < -0.39 is 16.1 Å². The number of nitro benzene ring substituents is 1. The van der Waals surface area contributed by atoms with Crippen LogP contribution in [0.5, 0.6) is 0 Å². The first-order valence-corrected chi connectivity index (χ1v) is 12.8. The smallest absolute Gasteiger partial charge is 0.294 e. The minimum absolute atomic E-state index is 0.0145. The summed E-state index contributed by atoms with van der Waals surface area (Å²) in [7, 11) is 0. The van der Waals surface area contributed by atoms with Crippen molar-refractivity contribution in [1.29, 1.82) is 0 Å².